The fourth-order valence-electron chi connectivity index (χ4n) is 5.18. The lowest BCUT2D eigenvalue weighted by atomic mass is 9.88. The molecule has 2 atom stereocenters. The summed E-state index contributed by atoms with van der Waals surface area (Å²) in [6.45, 7) is 7.43. The van der Waals surface area contributed by atoms with E-state index in [0.29, 0.717) is 31.7 Å². The van der Waals surface area contributed by atoms with Gasteiger partial charge in [-0.3, -0.25) is 4.79 Å². The van der Waals surface area contributed by atoms with Gasteiger partial charge in [-0.05, 0) is 37.5 Å². The van der Waals surface area contributed by atoms with Crippen molar-refractivity contribution in [2.45, 2.75) is 64.5 Å². The van der Waals surface area contributed by atoms with Gasteiger partial charge in [-0.25, -0.2) is 0 Å². The number of carbonyl (C=O) groups is 1. The molecule has 4 rings (SSSR count). The molecule has 1 saturated carbocycles. The first-order valence-corrected chi connectivity index (χ1v) is 11.3. The number of amides is 1. The van der Waals surface area contributed by atoms with E-state index in [4.69, 9.17) is 9.47 Å². The standard InChI is InChI=1S/C23H34N2O3/c1-2-24-12-6-9-20(24)17-25(23(26)19-7-4-3-5-8-19)16-18-10-11-21-22(15-18)28-14-13-27-21/h10-11,15,19-20H,2-9,12-14,16-17H2,1H3/p+1/t20-/m0/s1. The first-order chi connectivity index (χ1) is 13.7. The van der Waals surface area contributed by atoms with Crippen molar-refractivity contribution in [1.82, 2.24) is 4.90 Å². The Balaban J connectivity index is 1.50. The monoisotopic (exact) mass is 387 g/mol. The van der Waals surface area contributed by atoms with Crippen molar-refractivity contribution < 1.29 is 19.2 Å². The Bertz CT molecular complexity index is 672. The van der Waals surface area contributed by atoms with Crippen LogP contribution < -0.4 is 14.4 Å². The van der Waals surface area contributed by atoms with Gasteiger partial charge < -0.3 is 19.3 Å². The summed E-state index contributed by atoms with van der Waals surface area (Å²) in [7, 11) is 0. The molecule has 2 aliphatic heterocycles. The van der Waals surface area contributed by atoms with E-state index < -0.39 is 0 Å². The number of likely N-dealkylation sites (tertiary alicyclic amines) is 1. The highest BCUT2D eigenvalue weighted by atomic mass is 16.6. The second kappa shape index (κ2) is 9.17. The van der Waals surface area contributed by atoms with Crippen LogP contribution in [0.2, 0.25) is 0 Å². The Morgan fingerprint density at radius 2 is 1.86 bits per heavy atom. The summed E-state index contributed by atoms with van der Waals surface area (Å²) in [6.07, 6.45) is 8.31. The van der Waals surface area contributed by atoms with E-state index in [2.05, 4.69) is 24.0 Å². The van der Waals surface area contributed by atoms with E-state index >= 15 is 0 Å². The second-order valence-corrected chi connectivity index (χ2v) is 8.63. The minimum absolute atomic E-state index is 0.220. The molecule has 5 nitrogen and oxygen atoms in total. The van der Waals surface area contributed by atoms with Crippen LogP contribution in [0.4, 0.5) is 0 Å². The maximum absolute atomic E-state index is 13.4. The Kier molecular flexibility index (Phi) is 6.40. The fourth-order valence-corrected chi connectivity index (χ4v) is 5.18. The van der Waals surface area contributed by atoms with Gasteiger partial charge in [0.25, 0.3) is 0 Å². The van der Waals surface area contributed by atoms with Gasteiger partial charge in [-0.1, -0.05) is 25.3 Å². The van der Waals surface area contributed by atoms with Gasteiger partial charge in [0, 0.05) is 25.3 Å². The summed E-state index contributed by atoms with van der Waals surface area (Å²) in [4.78, 5) is 17.3. The molecule has 3 aliphatic rings. The first-order valence-electron chi connectivity index (χ1n) is 11.3. The summed E-state index contributed by atoms with van der Waals surface area (Å²) in [5.74, 6) is 2.22. The Morgan fingerprint density at radius 1 is 1.07 bits per heavy atom. The molecule has 0 aromatic heterocycles. The Labute approximate surface area is 169 Å². The zero-order valence-corrected chi connectivity index (χ0v) is 17.3. The van der Waals surface area contributed by atoms with E-state index in [1.54, 1.807) is 4.90 Å². The van der Waals surface area contributed by atoms with Crippen molar-refractivity contribution in [3.8, 4) is 11.5 Å². The second-order valence-electron chi connectivity index (χ2n) is 8.63. The number of quaternary nitrogens is 1. The van der Waals surface area contributed by atoms with Crippen molar-refractivity contribution in [3.05, 3.63) is 23.8 Å². The third-order valence-electron chi connectivity index (χ3n) is 6.77. The van der Waals surface area contributed by atoms with Crippen molar-refractivity contribution in [1.29, 1.82) is 0 Å². The number of benzene rings is 1. The number of hydrogen-bond donors (Lipinski definition) is 1. The van der Waals surface area contributed by atoms with Gasteiger partial charge in [0.1, 0.15) is 19.3 Å². The van der Waals surface area contributed by atoms with E-state index in [0.717, 1.165) is 43.0 Å². The zero-order valence-electron chi connectivity index (χ0n) is 17.3. The molecule has 1 amide bonds. The van der Waals surface area contributed by atoms with Gasteiger partial charge in [-0.2, -0.15) is 0 Å². The lowest BCUT2D eigenvalue weighted by Gasteiger charge is -2.32. The minimum atomic E-state index is 0.220. The predicted octanol–water partition coefficient (Wildman–Crippen LogP) is 2.43. The van der Waals surface area contributed by atoms with Crippen LogP contribution in [0, 0.1) is 5.92 Å². The topological polar surface area (TPSA) is 43.2 Å². The van der Waals surface area contributed by atoms with Gasteiger partial charge in [-0.15, -0.1) is 0 Å². The molecule has 1 saturated heterocycles. The summed E-state index contributed by atoms with van der Waals surface area (Å²) < 4.78 is 11.4. The number of fused-ring (bicyclic) bond motifs is 1. The molecule has 28 heavy (non-hydrogen) atoms. The lowest BCUT2D eigenvalue weighted by Crippen LogP contribution is -3.14. The molecule has 154 valence electrons. The predicted molar refractivity (Wildman–Crippen MR) is 109 cm³/mol. The Morgan fingerprint density at radius 3 is 2.64 bits per heavy atom. The van der Waals surface area contributed by atoms with E-state index in [-0.39, 0.29) is 5.92 Å². The molecule has 5 heteroatoms. The molecule has 1 aromatic rings. The van der Waals surface area contributed by atoms with Crippen LogP contribution in [-0.4, -0.2) is 49.7 Å². The maximum Gasteiger partial charge on any atom is 0.226 e. The van der Waals surface area contributed by atoms with Crippen LogP contribution in [0.15, 0.2) is 18.2 Å². The van der Waals surface area contributed by atoms with Crippen LogP contribution in [0.25, 0.3) is 0 Å². The Hall–Kier alpha value is -1.75. The number of rotatable bonds is 6. The first kappa shape index (κ1) is 19.6. The van der Waals surface area contributed by atoms with Crippen LogP contribution in [0.3, 0.4) is 0 Å². The number of nitrogens with one attached hydrogen (secondary N) is 1. The van der Waals surface area contributed by atoms with E-state index in [1.807, 2.05) is 6.07 Å². The minimum Gasteiger partial charge on any atom is -0.486 e. The average molecular weight is 388 g/mol. The summed E-state index contributed by atoms with van der Waals surface area (Å²) in [5, 5.41) is 0. The molecule has 2 fully saturated rings. The highest BCUT2D eigenvalue weighted by Gasteiger charge is 2.33. The van der Waals surface area contributed by atoms with Gasteiger partial charge in [0.05, 0.1) is 19.6 Å². The van der Waals surface area contributed by atoms with Crippen molar-refractivity contribution in [3.63, 3.8) is 0 Å². The summed E-state index contributed by atoms with van der Waals surface area (Å²) >= 11 is 0. The van der Waals surface area contributed by atoms with E-state index in [9.17, 15) is 4.79 Å². The number of ether oxygens (including phenoxy) is 2. The highest BCUT2D eigenvalue weighted by molar-refractivity contribution is 5.79. The molecule has 1 aromatic carbocycles. The molecule has 1 unspecified atom stereocenters. The smallest absolute Gasteiger partial charge is 0.226 e. The molecule has 0 spiro atoms. The molecule has 1 N–H and O–H groups in total. The zero-order chi connectivity index (χ0) is 19.3. The number of nitrogens with zero attached hydrogens (tertiary/aromatic N) is 1. The van der Waals surface area contributed by atoms with Crippen molar-refractivity contribution >= 4 is 5.91 Å². The SMILES string of the molecule is CC[NH+]1CCC[C@H]1CN(Cc1ccc2c(c1)OCCO2)C(=O)C1CCCCC1. The third kappa shape index (κ3) is 4.45. The highest BCUT2D eigenvalue weighted by Crippen LogP contribution is 2.32. The molecule has 2 heterocycles. The largest absolute Gasteiger partial charge is 0.486 e. The van der Waals surface area contributed by atoms with Crippen LogP contribution in [0.1, 0.15) is 57.4 Å². The fraction of sp³-hybridized carbons (Fsp3) is 0.696. The molecule has 1 aliphatic carbocycles. The van der Waals surface area contributed by atoms with Crippen LogP contribution in [0.5, 0.6) is 11.5 Å². The number of carbonyl (C=O) groups excluding carboxylic acids is 1. The van der Waals surface area contributed by atoms with Crippen LogP contribution in [-0.2, 0) is 11.3 Å². The normalized spacial score (nSPS) is 24.9. The summed E-state index contributed by atoms with van der Waals surface area (Å²) in [6, 6.07) is 6.73. The average Bonchev–Trinajstić information content (AvgIpc) is 3.20. The number of likely N-dealkylation sites (N-methyl/N-ethyl adjacent to an activating group) is 1. The van der Waals surface area contributed by atoms with Crippen molar-refractivity contribution in [2.75, 3.05) is 32.8 Å². The summed E-state index contributed by atoms with van der Waals surface area (Å²) in [5.41, 5.74) is 1.14. The molecular weight excluding hydrogens is 352 g/mol. The molecule has 0 radical (unpaired) electrons. The quantitative estimate of drug-likeness (QED) is 0.815. The maximum atomic E-state index is 13.4. The molecule has 0 bridgehead atoms. The van der Waals surface area contributed by atoms with Gasteiger partial charge in [0.15, 0.2) is 11.5 Å². The third-order valence-corrected chi connectivity index (χ3v) is 6.77. The molecular formula is C23H35N2O3+. The lowest BCUT2D eigenvalue weighted by molar-refractivity contribution is -0.909. The van der Waals surface area contributed by atoms with Crippen LogP contribution >= 0.6 is 0 Å². The van der Waals surface area contributed by atoms with E-state index in [1.165, 1.54) is 38.6 Å². The number of hydrogen-bond acceptors (Lipinski definition) is 3. The van der Waals surface area contributed by atoms with Gasteiger partial charge >= 0.3 is 0 Å². The van der Waals surface area contributed by atoms with Gasteiger partial charge in [0.2, 0.25) is 5.91 Å². The van der Waals surface area contributed by atoms with Crippen molar-refractivity contribution in [2.24, 2.45) is 5.92 Å².